The minimum atomic E-state index is -1.06. The van der Waals surface area contributed by atoms with Crippen LogP contribution in [0.3, 0.4) is 0 Å². The van der Waals surface area contributed by atoms with Gasteiger partial charge in [0.2, 0.25) is 5.91 Å². The zero-order valence-electron chi connectivity index (χ0n) is 21.0. The van der Waals surface area contributed by atoms with Crippen LogP contribution in [0.2, 0.25) is 0 Å². The fraction of sp³-hybridized carbons (Fsp3) is 0.290. The minimum absolute atomic E-state index is 0.227. The maximum atomic E-state index is 13.4. The Hall–Kier alpha value is -4.24. The number of aromatic nitrogens is 2. The second-order valence-electron chi connectivity index (χ2n) is 9.74. The van der Waals surface area contributed by atoms with E-state index in [9.17, 15) is 10.1 Å². The van der Waals surface area contributed by atoms with Crippen molar-refractivity contribution >= 4 is 22.8 Å². The standard InChI is InChI=1S/C31H31N5O/c1-22(25-12-6-3-7-13-25)33-31(37)26(21-32)29-30(35-28-15-9-8-14-27(28)34-29)36-18-16-24(17-19-36)20-23-10-4-2-5-11-23/h2-15,22,24,26H,16-20H2,1H3,(H,33,37)/t22-,26-/m0/s1. The first-order valence-electron chi connectivity index (χ1n) is 12.9. The monoisotopic (exact) mass is 489 g/mol. The Morgan fingerprint density at radius 1 is 0.946 bits per heavy atom. The molecular formula is C31H31N5O. The van der Waals surface area contributed by atoms with Crippen molar-refractivity contribution in [3.8, 4) is 6.07 Å². The zero-order valence-corrected chi connectivity index (χ0v) is 21.0. The molecule has 1 aliphatic rings. The lowest BCUT2D eigenvalue weighted by Gasteiger charge is -2.34. The van der Waals surface area contributed by atoms with Crippen LogP contribution in [0.15, 0.2) is 84.9 Å². The molecule has 2 heterocycles. The highest BCUT2D eigenvalue weighted by Crippen LogP contribution is 2.31. The van der Waals surface area contributed by atoms with E-state index in [0.717, 1.165) is 43.4 Å². The quantitative estimate of drug-likeness (QED) is 0.367. The number of fused-ring (bicyclic) bond motifs is 1. The van der Waals surface area contributed by atoms with Gasteiger partial charge in [-0.15, -0.1) is 0 Å². The van der Waals surface area contributed by atoms with Crippen LogP contribution in [-0.2, 0) is 11.2 Å². The molecule has 0 aliphatic carbocycles. The fourth-order valence-corrected chi connectivity index (χ4v) is 5.09. The van der Waals surface area contributed by atoms with Gasteiger partial charge in [-0.3, -0.25) is 4.79 Å². The van der Waals surface area contributed by atoms with E-state index in [4.69, 9.17) is 9.97 Å². The van der Waals surface area contributed by atoms with Crippen LogP contribution in [-0.4, -0.2) is 29.0 Å². The molecule has 0 radical (unpaired) electrons. The Bertz CT molecular complexity index is 1390. The van der Waals surface area contributed by atoms with E-state index in [-0.39, 0.29) is 11.9 Å². The Labute approximate surface area is 218 Å². The van der Waals surface area contributed by atoms with Crippen LogP contribution < -0.4 is 10.2 Å². The third-order valence-electron chi connectivity index (χ3n) is 7.18. The number of rotatable bonds is 7. The van der Waals surface area contributed by atoms with Crippen LogP contribution in [0.5, 0.6) is 0 Å². The molecule has 1 N–H and O–H groups in total. The van der Waals surface area contributed by atoms with Crippen molar-refractivity contribution in [2.45, 2.75) is 38.1 Å². The highest BCUT2D eigenvalue weighted by Gasteiger charge is 2.31. The summed E-state index contributed by atoms with van der Waals surface area (Å²) < 4.78 is 0. The molecule has 1 fully saturated rings. The first-order valence-corrected chi connectivity index (χ1v) is 12.9. The van der Waals surface area contributed by atoms with Crippen LogP contribution in [0.25, 0.3) is 11.0 Å². The predicted octanol–water partition coefficient (Wildman–Crippen LogP) is 5.57. The normalized spacial score (nSPS) is 15.6. The van der Waals surface area contributed by atoms with Gasteiger partial charge in [-0.1, -0.05) is 72.8 Å². The van der Waals surface area contributed by atoms with Gasteiger partial charge in [0.05, 0.1) is 23.1 Å². The summed E-state index contributed by atoms with van der Waals surface area (Å²) in [5, 5.41) is 13.1. The first-order chi connectivity index (χ1) is 18.1. The van der Waals surface area contributed by atoms with Gasteiger partial charge < -0.3 is 10.2 Å². The molecule has 0 spiro atoms. The largest absolute Gasteiger partial charge is 0.355 e. The molecule has 1 saturated heterocycles. The highest BCUT2D eigenvalue weighted by molar-refractivity contribution is 5.89. The molecule has 37 heavy (non-hydrogen) atoms. The zero-order chi connectivity index (χ0) is 25.6. The molecule has 1 aliphatic heterocycles. The molecule has 4 aromatic rings. The lowest BCUT2D eigenvalue weighted by Crippen LogP contribution is -2.37. The number of piperidine rings is 1. The van der Waals surface area contributed by atoms with E-state index in [0.29, 0.717) is 22.9 Å². The van der Waals surface area contributed by atoms with Gasteiger partial charge in [0.25, 0.3) is 0 Å². The topological polar surface area (TPSA) is 81.9 Å². The van der Waals surface area contributed by atoms with Crippen LogP contribution in [0, 0.1) is 17.2 Å². The van der Waals surface area contributed by atoms with Crippen molar-refractivity contribution in [2.75, 3.05) is 18.0 Å². The Balaban J connectivity index is 1.39. The van der Waals surface area contributed by atoms with Gasteiger partial charge in [-0.2, -0.15) is 5.26 Å². The number of hydrogen-bond acceptors (Lipinski definition) is 5. The molecule has 186 valence electrons. The van der Waals surface area contributed by atoms with Crippen molar-refractivity contribution in [1.29, 1.82) is 5.26 Å². The van der Waals surface area contributed by atoms with Gasteiger partial charge in [-0.25, -0.2) is 9.97 Å². The summed E-state index contributed by atoms with van der Waals surface area (Å²) >= 11 is 0. The number of carbonyl (C=O) groups excluding carboxylic acids is 1. The summed E-state index contributed by atoms with van der Waals surface area (Å²) in [5.41, 5.74) is 4.23. The number of anilines is 1. The van der Waals surface area contributed by atoms with Gasteiger partial charge in [0.15, 0.2) is 11.7 Å². The number of nitrogens with zero attached hydrogens (tertiary/aromatic N) is 4. The predicted molar refractivity (Wildman–Crippen MR) is 146 cm³/mol. The average Bonchev–Trinajstić information content (AvgIpc) is 2.94. The number of amides is 1. The van der Waals surface area contributed by atoms with E-state index < -0.39 is 5.92 Å². The van der Waals surface area contributed by atoms with Crippen molar-refractivity contribution in [3.63, 3.8) is 0 Å². The summed E-state index contributed by atoms with van der Waals surface area (Å²) in [6, 6.07) is 30.0. The second kappa shape index (κ2) is 11.2. The van der Waals surface area contributed by atoms with Gasteiger partial charge in [0.1, 0.15) is 5.69 Å². The number of para-hydroxylation sites is 2. The van der Waals surface area contributed by atoms with Crippen LogP contribution in [0.4, 0.5) is 5.82 Å². The maximum Gasteiger partial charge on any atom is 0.244 e. The van der Waals surface area contributed by atoms with E-state index in [2.05, 4.69) is 40.6 Å². The van der Waals surface area contributed by atoms with Crippen molar-refractivity contribution in [1.82, 2.24) is 15.3 Å². The molecule has 3 aromatic carbocycles. The van der Waals surface area contributed by atoms with Gasteiger partial charge in [-0.05, 0) is 55.4 Å². The number of benzene rings is 3. The summed E-state index contributed by atoms with van der Waals surface area (Å²) in [4.78, 5) is 25.3. The van der Waals surface area contributed by atoms with E-state index >= 15 is 0 Å². The van der Waals surface area contributed by atoms with E-state index in [1.807, 2.05) is 67.6 Å². The smallest absolute Gasteiger partial charge is 0.244 e. The highest BCUT2D eigenvalue weighted by atomic mass is 16.2. The maximum absolute atomic E-state index is 13.4. The van der Waals surface area contributed by atoms with Crippen molar-refractivity contribution in [2.24, 2.45) is 5.92 Å². The number of hydrogen-bond donors (Lipinski definition) is 1. The summed E-state index contributed by atoms with van der Waals surface area (Å²) in [5.74, 6) is -0.174. The Kier molecular flexibility index (Phi) is 7.41. The summed E-state index contributed by atoms with van der Waals surface area (Å²) in [7, 11) is 0. The lowest BCUT2D eigenvalue weighted by molar-refractivity contribution is -0.122. The Morgan fingerprint density at radius 2 is 1.54 bits per heavy atom. The molecule has 0 bridgehead atoms. The molecule has 5 rings (SSSR count). The molecule has 6 nitrogen and oxygen atoms in total. The number of carbonyl (C=O) groups is 1. The van der Waals surface area contributed by atoms with Crippen LogP contribution in [0.1, 0.15) is 48.5 Å². The number of nitrogens with one attached hydrogen (secondary N) is 1. The molecule has 2 atom stereocenters. The molecule has 6 heteroatoms. The molecule has 0 saturated carbocycles. The SMILES string of the molecule is C[C@H](NC(=O)[C@@H](C#N)c1nc2ccccc2nc1N1CCC(Cc2ccccc2)CC1)c1ccccc1. The molecular weight excluding hydrogens is 458 g/mol. The minimum Gasteiger partial charge on any atom is -0.355 e. The molecule has 1 aromatic heterocycles. The Morgan fingerprint density at radius 3 is 2.19 bits per heavy atom. The van der Waals surface area contributed by atoms with Gasteiger partial charge in [0, 0.05) is 13.1 Å². The number of nitriles is 1. The lowest BCUT2D eigenvalue weighted by atomic mass is 9.90. The van der Waals surface area contributed by atoms with Crippen molar-refractivity contribution in [3.05, 3.63) is 102 Å². The fourth-order valence-electron chi connectivity index (χ4n) is 5.09. The van der Waals surface area contributed by atoms with Gasteiger partial charge >= 0.3 is 0 Å². The third-order valence-corrected chi connectivity index (χ3v) is 7.18. The summed E-state index contributed by atoms with van der Waals surface area (Å²) in [6.07, 6.45) is 3.11. The van der Waals surface area contributed by atoms with E-state index in [1.165, 1.54) is 5.56 Å². The van der Waals surface area contributed by atoms with E-state index in [1.54, 1.807) is 0 Å². The summed E-state index contributed by atoms with van der Waals surface area (Å²) in [6.45, 7) is 3.56. The second-order valence-corrected chi connectivity index (χ2v) is 9.74. The van der Waals surface area contributed by atoms with Crippen molar-refractivity contribution < 1.29 is 4.79 Å². The molecule has 0 unspecified atom stereocenters. The first kappa shape index (κ1) is 24.5. The average molecular weight is 490 g/mol. The van der Waals surface area contributed by atoms with Crippen LogP contribution >= 0.6 is 0 Å². The third kappa shape index (κ3) is 5.62. The molecule has 1 amide bonds.